The molecule has 150 valence electrons. The third kappa shape index (κ3) is 6.82. The Hall–Kier alpha value is -2.15. The number of aromatic nitrogens is 1. The first-order valence-electron chi connectivity index (χ1n) is 9.54. The first-order valence-corrected chi connectivity index (χ1v) is 9.54. The molecule has 1 aromatic rings. The van der Waals surface area contributed by atoms with Crippen molar-refractivity contribution in [3.05, 3.63) is 23.9 Å². The number of carbonyl (C=O) groups is 2. The Bertz CT molecular complexity index is 649. The second-order valence-electron chi connectivity index (χ2n) is 8.34. The van der Waals surface area contributed by atoms with E-state index in [9.17, 15) is 14.7 Å². The minimum atomic E-state index is -0.688. The second-order valence-corrected chi connectivity index (χ2v) is 8.34. The second kappa shape index (κ2) is 9.17. The summed E-state index contributed by atoms with van der Waals surface area (Å²) in [5.74, 6) is 0.721. The number of ether oxygens (including phenoxy) is 1. The Kier molecular flexibility index (Phi) is 7.18. The zero-order valence-electron chi connectivity index (χ0n) is 16.6. The fourth-order valence-electron chi connectivity index (χ4n) is 3.30. The number of pyridine rings is 1. The van der Waals surface area contributed by atoms with Crippen LogP contribution in [0.5, 0.6) is 0 Å². The summed E-state index contributed by atoms with van der Waals surface area (Å²) in [6, 6.07) is 2.60. The number of alkyl carbamates (subject to hydrolysis) is 1. The molecule has 0 aliphatic heterocycles. The maximum atomic E-state index is 12.9. The summed E-state index contributed by atoms with van der Waals surface area (Å²) >= 11 is 0. The predicted octanol–water partition coefficient (Wildman–Crippen LogP) is 3.23. The minimum Gasteiger partial charge on any atom is -0.444 e. The minimum absolute atomic E-state index is 0.0507. The molecule has 1 aromatic heterocycles. The van der Waals surface area contributed by atoms with Crippen molar-refractivity contribution in [2.24, 2.45) is 11.8 Å². The van der Waals surface area contributed by atoms with Crippen molar-refractivity contribution in [2.75, 3.05) is 5.32 Å². The molecule has 1 unspecified atom stereocenters. The van der Waals surface area contributed by atoms with Gasteiger partial charge in [0.2, 0.25) is 5.91 Å². The van der Waals surface area contributed by atoms with E-state index in [-0.39, 0.29) is 18.4 Å². The van der Waals surface area contributed by atoms with Crippen LogP contribution in [0, 0.1) is 11.8 Å². The molecule has 2 rings (SSSR count). The largest absolute Gasteiger partial charge is 0.444 e. The molecule has 7 nitrogen and oxygen atoms in total. The van der Waals surface area contributed by atoms with E-state index in [1.165, 1.54) is 6.20 Å². The molecule has 2 amide bonds. The van der Waals surface area contributed by atoms with Gasteiger partial charge < -0.3 is 20.5 Å². The van der Waals surface area contributed by atoms with Crippen molar-refractivity contribution < 1.29 is 19.4 Å². The third-order valence-electron chi connectivity index (χ3n) is 4.74. The first kappa shape index (κ1) is 21.2. The van der Waals surface area contributed by atoms with Gasteiger partial charge in [0.15, 0.2) is 0 Å². The van der Waals surface area contributed by atoms with Gasteiger partial charge in [0.05, 0.1) is 6.61 Å². The van der Waals surface area contributed by atoms with Gasteiger partial charge in [0, 0.05) is 6.20 Å². The highest BCUT2D eigenvalue weighted by molar-refractivity contribution is 5.96. The van der Waals surface area contributed by atoms with E-state index in [0.29, 0.717) is 17.3 Å². The monoisotopic (exact) mass is 377 g/mol. The molecule has 1 aliphatic carbocycles. The average molecular weight is 377 g/mol. The van der Waals surface area contributed by atoms with Gasteiger partial charge in [-0.25, -0.2) is 9.78 Å². The number of anilines is 1. The summed E-state index contributed by atoms with van der Waals surface area (Å²) in [5, 5.41) is 14.8. The standard InChI is InChI=1S/C20H31N3O4/c1-13-5-7-15(8-6-13)17(23-19(26)27-20(2,3)4)18(25)22-16-11-14(12-24)9-10-21-16/h9-11,13,15,17,24H,5-8,12H2,1-4H3,(H,23,26)(H,21,22,25). The number of hydrogen-bond donors (Lipinski definition) is 3. The van der Waals surface area contributed by atoms with Crippen molar-refractivity contribution >= 4 is 17.8 Å². The number of hydrogen-bond acceptors (Lipinski definition) is 5. The van der Waals surface area contributed by atoms with E-state index in [0.717, 1.165) is 25.7 Å². The van der Waals surface area contributed by atoms with Gasteiger partial charge >= 0.3 is 6.09 Å². The van der Waals surface area contributed by atoms with E-state index in [2.05, 4.69) is 22.5 Å². The van der Waals surface area contributed by atoms with Crippen LogP contribution in [0.1, 0.15) is 58.9 Å². The summed E-state index contributed by atoms with van der Waals surface area (Å²) in [5.41, 5.74) is 0.0203. The van der Waals surface area contributed by atoms with E-state index in [4.69, 9.17) is 4.74 Å². The highest BCUT2D eigenvalue weighted by atomic mass is 16.6. The summed E-state index contributed by atoms with van der Waals surface area (Å²) < 4.78 is 5.34. The molecule has 1 heterocycles. The van der Waals surface area contributed by atoms with Crippen LogP contribution in [0.3, 0.4) is 0 Å². The molecule has 7 heteroatoms. The van der Waals surface area contributed by atoms with Crippen LogP contribution in [0.2, 0.25) is 0 Å². The van der Waals surface area contributed by atoms with Crippen molar-refractivity contribution in [2.45, 2.75) is 71.6 Å². The summed E-state index contributed by atoms with van der Waals surface area (Å²) in [7, 11) is 0. The van der Waals surface area contributed by atoms with Crippen molar-refractivity contribution in [3.63, 3.8) is 0 Å². The molecule has 1 fully saturated rings. The number of nitrogens with zero attached hydrogens (tertiary/aromatic N) is 1. The van der Waals surface area contributed by atoms with Gasteiger partial charge in [-0.3, -0.25) is 4.79 Å². The van der Waals surface area contributed by atoms with Crippen LogP contribution in [0.15, 0.2) is 18.3 Å². The van der Waals surface area contributed by atoms with Crippen LogP contribution in [-0.4, -0.2) is 33.7 Å². The van der Waals surface area contributed by atoms with Crippen LogP contribution in [0.4, 0.5) is 10.6 Å². The molecule has 0 aromatic carbocycles. The smallest absolute Gasteiger partial charge is 0.408 e. The Balaban J connectivity index is 2.12. The maximum Gasteiger partial charge on any atom is 0.408 e. The normalized spacial score (nSPS) is 21.2. The van der Waals surface area contributed by atoms with Crippen LogP contribution >= 0.6 is 0 Å². The Morgan fingerprint density at radius 1 is 1.30 bits per heavy atom. The molecule has 27 heavy (non-hydrogen) atoms. The number of nitrogens with one attached hydrogen (secondary N) is 2. The fourth-order valence-corrected chi connectivity index (χ4v) is 3.30. The van der Waals surface area contributed by atoms with Crippen LogP contribution in [0.25, 0.3) is 0 Å². The lowest BCUT2D eigenvalue weighted by Crippen LogP contribution is -2.50. The maximum absolute atomic E-state index is 12.9. The first-order chi connectivity index (χ1) is 12.7. The molecular formula is C20H31N3O4. The Labute approximate surface area is 160 Å². The molecule has 0 radical (unpaired) electrons. The lowest BCUT2D eigenvalue weighted by Gasteiger charge is -2.32. The fraction of sp³-hybridized carbons (Fsp3) is 0.650. The zero-order valence-corrected chi connectivity index (χ0v) is 16.6. The van der Waals surface area contributed by atoms with E-state index in [1.807, 2.05) is 0 Å². The molecule has 0 spiro atoms. The van der Waals surface area contributed by atoms with Crippen LogP contribution < -0.4 is 10.6 Å². The number of aliphatic hydroxyl groups is 1. The number of rotatable bonds is 5. The van der Waals surface area contributed by atoms with Gasteiger partial charge in [-0.1, -0.05) is 19.8 Å². The summed E-state index contributed by atoms with van der Waals surface area (Å²) in [6.45, 7) is 7.43. The lowest BCUT2D eigenvalue weighted by atomic mass is 9.79. The highest BCUT2D eigenvalue weighted by Crippen LogP contribution is 2.31. The quantitative estimate of drug-likeness (QED) is 0.731. The molecule has 0 bridgehead atoms. The molecule has 3 N–H and O–H groups in total. The van der Waals surface area contributed by atoms with Crippen molar-refractivity contribution in [1.82, 2.24) is 10.3 Å². The summed E-state index contributed by atoms with van der Waals surface area (Å²) in [6.07, 6.45) is 4.74. The van der Waals surface area contributed by atoms with Crippen molar-refractivity contribution in [3.8, 4) is 0 Å². The Morgan fingerprint density at radius 2 is 1.96 bits per heavy atom. The Morgan fingerprint density at radius 3 is 2.56 bits per heavy atom. The van der Waals surface area contributed by atoms with Gasteiger partial charge in [0.1, 0.15) is 17.5 Å². The number of carbonyl (C=O) groups excluding carboxylic acids is 2. The van der Waals surface area contributed by atoms with E-state index in [1.54, 1.807) is 32.9 Å². The van der Waals surface area contributed by atoms with Crippen molar-refractivity contribution in [1.29, 1.82) is 0 Å². The topological polar surface area (TPSA) is 101 Å². The molecular weight excluding hydrogens is 346 g/mol. The van der Waals surface area contributed by atoms with Gasteiger partial charge in [-0.2, -0.15) is 0 Å². The number of amides is 2. The zero-order chi connectivity index (χ0) is 20.0. The molecule has 0 saturated heterocycles. The van der Waals surface area contributed by atoms with Gasteiger partial charge in [-0.15, -0.1) is 0 Å². The SMILES string of the molecule is CC1CCC(C(NC(=O)OC(C)(C)C)C(=O)Nc2cc(CO)ccn2)CC1. The van der Waals surface area contributed by atoms with Gasteiger partial charge in [0.25, 0.3) is 0 Å². The van der Waals surface area contributed by atoms with Crippen LogP contribution in [-0.2, 0) is 16.1 Å². The molecule has 1 atom stereocenters. The summed E-state index contributed by atoms with van der Waals surface area (Å²) in [4.78, 5) is 29.3. The van der Waals surface area contributed by atoms with Gasteiger partial charge in [-0.05, 0) is 63.1 Å². The number of aliphatic hydroxyl groups excluding tert-OH is 1. The average Bonchev–Trinajstić information content (AvgIpc) is 2.59. The third-order valence-corrected chi connectivity index (χ3v) is 4.74. The highest BCUT2D eigenvalue weighted by Gasteiger charge is 2.33. The molecule has 1 saturated carbocycles. The van der Waals surface area contributed by atoms with E-state index >= 15 is 0 Å². The van der Waals surface area contributed by atoms with E-state index < -0.39 is 17.7 Å². The molecule has 1 aliphatic rings. The lowest BCUT2D eigenvalue weighted by molar-refractivity contribution is -0.119. The predicted molar refractivity (Wildman–Crippen MR) is 103 cm³/mol.